The third-order valence-electron chi connectivity index (χ3n) is 4.62. The molecule has 0 aliphatic heterocycles. The largest absolute Gasteiger partial charge is 0.361 e. The molecule has 0 fully saturated rings. The molecule has 0 radical (unpaired) electrons. The summed E-state index contributed by atoms with van der Waals surface area (Å²) in [5.41, 5.74) is 2.26. The number of aromatic nitrogens is 5. The third kappa shape index (κ3) is 3.08. The molecular weight excluding hydrogens is 388 g/mol. The minimum absolute atomic E-state index is 0.114. The van der Waals surface area contributed by atoms with Crippen molar-refractivity contribution < 1.29 is 13.3 Å². The van der Waals surface area contributed by atoms with Gasteiger partial charge in [-0.15, -0.1) is 10.2 Å². The monoisotopic (exact) mass is 401 g/mol. The Morgan fingerprint density at radius 3 is 2.40 bits per heavy atom. The average molecular weight is 401 g/mol. The predicted octanol–water partition coefficient (Wildman–Crippen LogP) is 5.00. The highest BCUT2D eigenvalue weighted by molar-refractivity contribution is 5.93. The van der Waals surface area contributed by atoms with Crippen LogP contribution in [0.25, 0.3) is 44.9 Å². The molecule has 5 aromatic rings. The van der Waals surface area contributed by atoms with Crippen LogP contribution in [-0.4, -0.2) is 25.3 Å². The van der Waals surface area contributed by atoms with Gasteiger partial charge in [-0.2, -0.15) is 0 Å². The molecule has 30 heavy (non-hydrogen) atoms. The Balaban J connectivity index is 1.63. The van der Waals surface area contributed by atoms with Crippen molar-refractivity contribution in [1.29, 1.82) is 0 Å². The van der Waals surface area contributed by atoms with Crippen LogP contribution in [-0.2, 0) is 0 Å². The van der Waals surface area contributed by atoms with E-state index in [0.717, 1.165) is 0 Å². The van der Waals surface area contributed by atoms with Gasteiger partial charge in [0.15, 0.2) is 5.82 Å². The summed E-state index contributed by atoms with van der Waals surface area (Å²) in [7, 11) is 0. The first-order chi connectivity index (χ1) is 14.6. The van der Waals surface area contributed by atoms with E-state index in [1.54, 1.807) is 43.5 Å². The molecule has 146 valence electrons. The first kappa shape index (κ1) is 18.0. The number of rotatable bonds is 3. The van der Waals surface area contributed by atoms with E-state index in [9.17, 15) is 8.78 Å². The normalized spacial score (nSPS) is 11.2. The number of fused-ring (bicyclic) bond motifs is 1. The number of hydrogen-bond donors (Lipinski definition) is 0. The molecule has 0 saturated heterocycles. The van der Waals surface area contributed by atoms with Gasteiger partial charge in [0, 0.05) is 23.2 Å². The summed E-state index contributed by atoms with van der Waals surface area (Å²) < 4.78 is 33.4. The fraction of sp³-hybridized carbons (Fsp3) is 0.0455. The summed E-state index contributed by atoms with van der Waals surface area (Å²) in [5, 5.41) is 12.9. The van der Waals surface area contributed by atoms with Gasteiger partial charge in [-0.1, -0.05) is 23.4 Å². The Kier molecular flexibility index (Phi) is 4.24. The number of benzene rings is 2. The maximum absolute atomic E-state index is 14.1. The van der Waals surface area contributed by atoms with Crippen molar-refractivity contribution in [2.45, 2.75) is 6.92 Å². The summed E-state index contributed by atoms with van der Waals surface area (Å²) in [6, 6.07) is 14.2. The molecule has 0 saturated carbocycles. The molecule has 5 rings (SSSR count). The van der Waals surface area contributed by atoms with Gasteiger partial charge < -0.3 is 4.52 Å². The van der Waals surface area contributed by atoms with E-state index in [1.807, 2.05) is 6.07 Å². The van der Waals surface area contributed by atoms with Crippen molar-refractivity contribution in [3.8, 4) is 34.0 Å². The molecule has 6 nitrogen and oxygen atoms in total. The van der Waals surface area contributed by atoms with Crippen LogP contribution in [0.1, 0.15) is 5.76 Å². The van der Waals surface area contributed by atoms with Crippen LogP contribution < -0.4 is 0 Å². The SMILES string of the molecule is Cc1cc(-c2ccnc(-c3cccc4cc(-c5c(F)cccc5F)nnc34)n2)no1. The lowest BCUT2D eigenvalue weighted by molar-refractivity contribution is 0.399. The van der Waals surface area contributed by atoms with Crippen LogP contribution in [0.5, 0.6) is 0 Å². The van der Waals surface area contributed by atoms with Crippen LogP contribution in [0.4, 0.5) is 8.78 Å². The molecule has 0 unspecified atom stereocenters. The number of nitrogens with zero attached hydrogens (tertiary/aromatic N) is 5. The van der Waals surface area contributed by atoms with Crippen molar-refractivity contribution in [1.82, 2.24) is 25.3 Å². The lowest BCUT2D eigenvalue weighted by Gasteiger charge is -2.08. The summed E-state index contributed by atoms with van der Waals surface area (Å²) in [6.07, 6.45) is 1.62. The lowest BCUT2D eigenvalue weighted by Crippen LogP contribution is -1.97. The minimum Gasteiger partial charge on any atom is -0.361 e. The first-order valence-electron chi connectivity index (χ1n) is 9.08. The summed E-state index contributed by atoms with van der Waals surface area (Å²) in [5.74, 6) is -0.288. The summed E-state index contributed by atoms with van der Waals surface area (Å²) >= 11 is 0. The number of hydrogen-bond acceptors (Lipinski definition) is 6. The van der Waals surface area contributed by atoms with E-state index in [4.69, 9.17) is 4.52 Å². The molecule has 3 heterocycles. The third-order valence-corrected chi connectivity index (χ3v) is 4.62. The van der Waals surface area contributed by atoms with Gasteiger partial charge in [0.1, 0.15) is 28.6 Å². The van der Waals surface area contributed by atoms with Crippen LogP contribution >= 0.6 is 0 Å². The van der Waals surface area contributed by atoms with Gasteiger partial charge in [-0.25, -0.2) is 18.7 Å². The van der Waals surface area contributed by atoms with E-state index in [2.05, 4.69) is 25.3 Å². The quantitative estimate of drug-likeness (QED) is 0.424. The van der Waals surface area contributed by atoms with Gasteiger partial charge in [0.2, 0.25) is 0 Å². The molecular formula is C22H13F2N5O. The molecule has 2 aromatic carbocycles. The van der Waals surface area contributed by atoms with Gasteiger partial charge in [-0.3, -0.25) is 0 Å². The van der Waals surface area contributed by atoms with Gasteiger partial charge in [-0.05, 0) is 37.3 Å². The maximum Gasteiger partial charge on any atom is 0.162 e. The number of halogens is 2. The van der Waals surface area contributed by atoms with E-state index in [0.29, 0.717) is 39.4 Å². The molecule has 3 aromatic heterocycles. The minimum atomic E-state index is -0.696. The molecule has 0 spiro atoms. The topological polar surface area (TPSA) is 77.6 Å². The van der Waals surface area contributed by atoms with Crippen LogP contribution in [0.15, 0.2) is 65.3 Å². The maximum atomic E-state index is 14.1. The Morgan fingerprint density at radius 1 is 0.833 bits per heavy atom. The molecule has 0 aliphatic rings. The Hall–Kier alpha value is -4.07. The molecule has 0 atom stereocenters. The van der Waals surface area contributed by atoms with E-state index in [-0.39, 0.29) is 11.3 Å². The molecule has 0 N–H and O–H groups in total. The summed E-state index contributed by atoms with van der Waals surface area (Å²) in [6.45, 7) is 1.80. The Morgan fingerprint density at radius 2 is 1.63 bits per heavy atom. The molecule has 8 heteroatoms. The Bertz CT molecular complexity index is 1380. The van der Waals surface area contributed by atoms with Crippen molar-refractivity contribution in [3.63, 3.8) is 0 Å². The first-order valence-corrected chi connectivity index (χ1v) is 9.08. The predicted molar refractivity (Wildman–Crippen MR) is 106 cm³/mol. The van der Waals surface area contributed by atoms with Crippen molar-refractivity contribution >= 4 is 10.9 Å². The van der Waals surface area contributed by atoms with E-state index < -0.39 is 11.6 Å². The van der Waals surface area contributed by atoms with Gasteiger partial charge in [0.05, 0.1) is 17.0 Å². The van der Waals surface area contributed by atoms with Crippen molar-refractivity contribution in [2.24, 2.45) is 0 Å². The second-order valence-electron chi connectivity index (χ2n) is 6.66. The van der Waals surface area contributed by atoms with Gasteiger partial charge in [0.25, 0.3) is 0 Å². The summed E-state index contributed by atoms with van der Waals surface area (Å²) in [4.78, 5) is 8.91. The molecule has 0 bridgehead atoms. The van der Waals surface area contributed by atoms with Crippen LogP contribution in [0, 0.1) is 18.6 Å². The van der Waals surface area contributed by atoms with Crippen molar-refractivity contribution in [3.05, 3.63) is 78.2 Å². The fourth-order valence-corrected chi connectivity index (χ4v) is 3.23. The van der Waals surface area contributed by atoms with Gasteiger partial charge >= 0.3 is 0 Å². The number of aryl methyl sites for hydroxylation is 1. The fourth-order valence-electron chi connectivity index (χ4n) is 3.23. The highest BCUT2D eigenvalue weighted by Crippen LogP contribution is 2.30. The van der Waals surface area contributed by atoms with Crippen molar-refractivity contribution in [2.75, 3.05) is 0 Å². The molecule has 0 aliphatic carbocycles. The smallest absolute Gasteiger partial charge is 0.162 e. The van der Waals surface area contributed by atoms with Crippen LogP contribution in [0.3, 0.4) is 0 Å². The average Bonchev–Trinajstić information content (AvgIpc) is 3.19. The lowest BCUT2D eigenvalue weighted by atomic mass is 10.1. The highest BCUT2D eigenvalue weighted by atomic mass is 19.1. The van der Waals surface area contributed by atoms with Crippen LogP contribution in [0.2, 0.25) is 0 Å². The zero-order valence-electron chi connectivity index (χ0n) is 15.7. The second-order valence-corrected chi connectivity index (χ2v) is 6.66. The van der Waals surface area contributed by atoms with E-state index >= 15 is 0 Å². The zero-order chi connectivity index (χ0) is 20.7. The second kappa shape index (κ2) is 7.07. The zero-order valence-corrected chi connectivity index (χ0v) is 15.7. The Labute approximate surface area is 169 Å². The highest BCUT2D eigenvalue weighted by Gasteiger charge is 2.16. The standard InChI is InChI=1S/C22H13F2N5O/c1-12-10-18(29-30-12)17-8-9-25-22(26-17)14-5-2-4-13-11-19(27-28-21(13)14)20-15(23)6-3-7-16(20)24/h2-11H,1H3. The van der Waals surface area contributed by atoms with E-state index in [1.165, 1.54) is 18.2 Å². The molecule has 0 amide bonds.